The van der Waals surface area contributed by atoms with Gasteiger partial charge in [-0.05, 0) is 40.5 Å². The molecule has 0 N–H and O–H groups in total. The van der Waals surface area contributed by atoms with Crippen LogP contribution in [0.1, 0.15) is 60.8 Å². The molecule has 0 rings (SSSR count). The van der Waals surface area contributed by atoms with Crippen LogP contribution >= 0.6 is 0 Å². The Morgan fingerprint density at radius 1 is 0.762 bits per heavy atom. The van der Waals surface area contributed by atoms with Crippen LogP contribution in [0.2, 0.25) is 0 Å². The SMILES string of the molecule is CCC(C)(OC(=O)CC(=O)OC(C)(CC)C(C)=O)C(C)=O. The second-order valence-electron chi connectivity index (χ2n) is 5.41. The van der Waals surface area contributed by atoms with E-state index in [4.69, 9.17) is 9.47 Å². The first-order chi connectivity index (χ1) is 9.50. The van der Waals surface area contributed by atoms with E-state index in [1.165, 1.54) is 27.7 Å². The standard InChI is InChI=1S/C15H24O6/c1-7-14(5,10(3)16)20-12(18)9-13(19)21-15(6,8-2)11(4)17/h7-9H2,1-6H3. The van der Waals surface area contributed by atoms with Crippen molar-refractivity contribution in [3.63, 3.8) is 0 Å². The molecular formula is C15H24O6. The third kappa shape index (κ3) is 5.28. The highest BCUT2D eigenvalue weighted by molar-refractivity contribution is 5.95. The number of carbonyl (C=O) groups excluding carboxylic acids is 4. The predicted octanol–water partition coefficient (Wildman–Crippen LogP) is 1.98. The molecule has 0 bridgehead atoms. The molecule has 0 fully saturated rings. The summed E-state index contributed by atoms with van der Waals surface area (Å²) in [6.07, 6.45) is -0.0157. The average Bonchev–Trinajstić information content (AvgIpc) is 2.37. The normalized spacial score (nSPS) is 16.3. The molecule has 0 aromatic carbocycles. The molecule has 21 heavy (non-hydrogen) atoms. The van der Waals surface area contributed by atoms with Crippen LogP contribution in [0.3, 0.4) is 0 Å². The van der Waals surface area contributed by atoms with Gasteiger partial charge in [0.15, 0.2) is 22.8 Å². The van der Waals surface area contributed by atoms with E-state index in [9.17, 15) is 19.2 Å². The van der Waals surface area contributed by atoms with Crippen LogP contribution in [0.4, 0.5) is 0 Å². The number of esters is 2. The van der Waals surface area contributed by atoms with Gasteiger partial charge in [0.1, 0.15) is 6.42 Å². The predicted molar refractivity (Wildman–Crippen MR) is 75.6 cm³/mol. The molecule has 0 aromatic heterocycles. The van der Waals surface area contributed by atoms with Crippen LogP contribution in [-0.4, -0.2) is 34.7 Å². The van der Waals surface area contributed by atoms with Crippen molar-refractivity contribution in [2.24, 2.45) is 0 Å². The summed E-state index contributed by atoms with van der Waals surface area (Å²) in [5, 5.41) is 0. The van der Waals surface area contributed by atoms with E-state index in [2.05, 4.69) is 0 Å². The summed E-state index contributed by atoms with van der Waals surface area (Å²) in [7, 11) is 0. The maximum absolute atomic E-state index is 11.7. The Kier molecular flexibility index (Phi) is 6.73. The Morgan fingerprint density at radius 2 is 1.05 bits per heavy atom. The molecule has 6 heteroatoms. The summed E-state index contributed by atoms with van der Waals surface area (Å²) in [6, 6.07) is 0. The van der Waals surface area contributed by atoms with E-state index in [0.29, 0.717) is 12.8 Å². The fourth-order valence-corrected chi connectivity index (χ4v) is 1.48. The number of ketones is 2. The van der Waals surface area contributed by atoms with Crippen molar-refractivity contribution in [1.29, 1.82) is 0 Å². The minimum absolute atomic E-state index is 0.297. The van der Waals surface area contributed by atoms with Crippen molar-refractivity contribution in [2.75, 3.05) is 0 Å². The van der Waals surface area contributed by atoms with Gasteiger partial charge in [-0.2, -0.15) is 0 Å². The molecular weight excluding hydrogens is 276 g/mol. The quantitative estimate of drug-likeness (QED) is 0.503. The van der Waals surface area contributed by atoms with Gasteiger partial charge in [-0.25, -0.2) is 0 Å². The van der Waals surface area contributed by atoms with Gasteiger partial charge in [0.2, 0.25) is 0 Å². The molecule has 0 aliphatic heterocycles. The fraction of sp³-hybridized carbons (Fsp3) is 0.733. The van der Waals surface area contributed by atoms with Crippen LogP contribution in [0, 0.1) is 0 Å². The summed E-state index contributed by atoms with van der Waals surface area (Å²) in [5.74, 6) is -2.29. The zero-order chi connectivity index (χ0) is 16.8. The first kappa shape index (κ1) is 19.3. The van der Waals surface area contributed by atoms with Gasteiger partial charge in [0, 0.05) is 0 Å². The summed E-state index contributed by atoms with van der Waals surface area (Å²) >= 11 is 0. The lowest BCUT2D eigenvalue weighted by Gasteiger charge is -2.27. The van der Waals surface area contributed by atoms with Crippen LogP contribution in [0.25, 0.3) is 0 Å². The molecule has 0 heterocycles. The first-order valence-corrected chi connectivity index (χ1v) is 6.96. The van der Waals surface area contributed by atoms with Gasteiger partial charge >= 0.3 is 11.9 Å². The minimum Gasteiger partial charge on any atom is -0.451 e. The molecule has 2 atom stereocenters. The van der Waals surface area contributed by atoms with Gasteiger partial charge in [0.05, 0.1) is 0 Å². The Labute approximate surface area is 125 Å². The second kappa shape index (κ2) is 7.33. The molecule has 6 nitrogen and oxygen atoms in total. The van der Waals surface area contributed by atoms with E-state index in [1.54, 1.807) is 13.8 Å². The van der Waals surface area contributed by atoms with Gasteiger partial charge in [-0.1, -0.05) is 13.8 Å². The lowest BCUT2D eigenvalue weighted by molar-refractivity contribution is -0.175. The number of hydrogen-bond donors (Lipinski definition) is 0. The smallest absolute Gasteiger partial charge is 0.318 e. The van der Waals surface area contributed by atoms with Crippen molar-refractivity contribution in [3.05, 3.63) is 0 Å². The summed E-state index contributed by atoms with van der Waals surface area (Å²) in [5.41, 5.74) is -2.49. The van der Waals surface area contributed by atoms with Gasteiger partial charge in [0.25, 0.3) is 0 Å². The number of ether oxygens (including phenoxy) is 2. The lowest BCUT2D eigenvalue weighted by Crippen LogP contribution is -2.41. The third-order valence-electron chi connectivity index (χ3n) is 3.81. The molecule has 0 aromatic rings. The monoisotopic (exact) mass is 300 g/mol. The topological polar surface area (TPSA) is 86.7 Å². The number of hydrogen-bond acceptors (Lipinski definition) is 6. The molecule has 0 radical (unpaired) electrons. The molecule has 2 unspecified atom stereocenters. The molecule has 0 aliphatic rings. The van der Waals surface area contributed by atoms with Gasteiger partial charge in [-0.15, -0.1) is 0 Å². The molecule has 0 aliphatic carbocycles. The molecule has 0 spiro atoms. The summed E-state index contributed by atoms with van der Waals surface area (Å²) in [4.78, 5) is 46.3. The maximum Gasteiger partial charge on any atom is 0.318 e. The number of rotatable bonds is 8. The molecule has 120 valence electrons. The maximum atomic E-state index is 11.7. The minimum atomic E-state index is -1.24. The highest BCUT2D eigenvalue weighted by atomic mass is 16.6. The Morgan fingerprint density at radius 3 is 1.24 bits per heavy atom. The van der Waals surface area contributed by atoms with Crippen molar-refractivity contribution in [1.82, 2.24) is 0 Å². The lowest BCUT2D eigenvalue weighted by atomic mass is 9.98. The van der Waals surface area contributed by atoms with Crippen LogP contribution < -0.4 is 0 Å². The Hall–Kier alpha value is -1.72. The van der Waals surface area contributed by atoms with Crippen LogP contribution in [0.15, 0.2) is 0 Å². The van der Waals surface area contributed by atoms with Crippen molar-refractivity contribution >= 4 is 23.5 Å². The zero-order valence-corrected chi connectivity index (χ0v) is 13.6. The molecule has 0 amide bonds. The van der Waals surface area contributed by atoms with Crippen molar-refractivity contribution in [2.45, 2.75) is 72.0 Å². The molecule has 0 saturated carbocycles. The average molecular weight is 300 g/mol. The summed E-state index contributed by atoms with van der Waals surface area (Å²) in [6.45, 7) is 9.03. The van der Waals surface area contributed by atoms with E-state index >= 15 is 0 Å². The summed E-state index contributed by atoms with van der Waals surface area (Å²) < 4.78 is 10.1. The highest BCUT2D eigenvalue weighted by Gasteiger charge is 2.35. The van der Waals surface area contributed by atoms with E-state index in [0.717, 1.165) is 0 Å². The Bertz CT molecular complexity index is 401. The third-order valence-corrected chi connectivity index (χ3v) is 3.81. The largest absolute Gasteiger partial charge is 0.451 e. The van der Waals surface area contributed by atoms with Crippen molar-refractivity contribution in [3.8, 4) is 0 Å². The zero-order valence-electron chi connectivity index (χ0n) is 13.6. The highest BCUT2D eigenvalue weighted by Crippen LogP contribution is 2.20. The van der Waals surface area contributed by atoms with E-state index in [1.807, 2.05) is 0 Å². The van der Waals surface area contributed by atoms with Gasteiger partial charge < -0.3 is 9.47 Å². The van der Waals surface area contributed by atoms with E-state index in [-0.39, 0.29) is 11.6 Å². The molecule has 0 saturated heterocycles. The number of carbonyl (C=O) groups is 4. The van der Waals surface area contributed by atoms with Crippen LogP contribution in [-0.2, 0) is 28.7 Å². The second-order valence-corrected chi connectivity index (χ2v) is 5.41. The number of Topliss-reactive ketones (excluding diaryl/α,β-unsaturated/α-hetero) is 2. The first-order valence-electron chi connectivity index (χ1n) is 6.96. The fourth-order valence-electron chi connectivity index (χ4n) is 1.48. The van der Waals surface area contributed by atoms with Gasteiger partial charge in [-0.3, -0.25) is 19.2 Å². The Balaban J connectivity index is 4.70. The van der Waals surface area contributed by atoms with Crippen LogP contribution in [0.5, 0.6) is 0 Å². The van der Waals surface area contributed by atoms with Crippen molar-refractivity contribution < 1.29 is 28.7 Å². The van der Waals surface area contributed by atoms with E-state index < -0.39 is 29.6 Å².